The Morgan fingerprint density at radius 3 is 2.03 bits per heavy atom. The van der Waals surface area contributed by atoms with Gasteiger partial charge in [-0.25, -0.2) is 0 Å². The van der Waals surface area contributed by atoms with E-state index in [1.807, 2.05) is 42.1 Å². The number of halogens is 1. The van der Waals surface area contributed by atoms with Crippen LogP contribution in [0.25, 0.3) is 0 Å². The van der Waals surface area contributed by atoms with Crippen LogP contribution in [0.5, 0.6) is 5.75 Å². The van der Waals surface area contributed by atoms with Crippen LogP contribution in [0.4, 0.5) is 0 Å². The molecule has 0 amide bonds. The number of unbranched alkanes of at least 4 members (excludes halogenated alkanes) is 9. The van der Waals surface area contributed by atoms with Gasteiger partial charge in [0.05, 0.1) is 7.11 Å². The minimum atomic E-state index is 0.0632. The Labute approximate surface area is 200 Å². The lowest BCUT2D eigenvalue weighted by molar-refractivity contribution is 0.103. The van der Waals surface area contributed by atoms with Crippen LogP contribution in [-0.4, -0.2) is 18.6 Å². The third-order valence-corrected chi connectivity index (χ3v) is 7.28. The molecule has 0 unspecified atom stereocenters. The van der Waals surface area contributed by atoms with Gasteiger partial charge in [-0.15, -0.1) is 11.8 Å². The summed E-state index contributed by atoms with van der Waals surface area (Å²) in [4.78, 5) is 14.0. The molecular formula is C26H35IO2S. The first kappa shape index (κ1) is 25.3. The molecule has 0 aromatic heterocycles. The minimum absolute atomic E-state index is 0.0632. The van der Waals surface area contributed by atoms with Crippen molar-refractivity contribution in [3.8, 4) is 5.75 Å². The van der Waals surface area contributed by atoms with Crippen molar-refractivity contribution in [2.24, 2.45) is 0 Å². The predicted octanol–water partition coefficient (Wildman–Crippen LogP) is 8.54. The average Bonchev–Trinajstić information content (AvgIpc) is 2.77. The van der Waals surface area contributed by atoms with E-state index >= 15 is 0 Å². The monoisotopic (exact) mass is 538 g/mol. The van der Waals surface area contributed by atoms with Crippen LogP contribution in [0.15, 0.2) is 47.4 Å². The first-order valence-corrected chi connectivity index (χ1v) is 13.3. The zero-order chi connectivity index (χ0) is 21.6. The minimum Gasteiger partial charge on any atom is -0.497 e. The molecule has 0 aliphatic rings. The molecule has 0 aliphatic carbocycles. The fraction of sp³-hybridized carbons (Fsp3) is 0.500. The Balaban J connectivity index is 1.68. The van der Waals surface area contributed by atoms with Gasteiger partial charge in [0, 0.05) is 19.6 Å². The number of rotatable bonds is 15. The number of methoxy groups -OCH3 is 1. The highest BCUT2D eigenvalue weighted by Crippen LogP contribution is 2.26. The zero-order valence-electron chi connectivity index (χ0n) is 18.4. The van der Waals surface area contributed by atoms with E-state index in [1.54, 1.807) is 7.11 Å². The molecule has 0 bridgehead atoms. The second-order valence-corrected chi connectivity index (χ2v) is 10.1. The van der Waals surface area contributed by atoms with Crippen LogP contribution in [0, 0.1) is 3.57 Å². The lowest BCUT2D eigenvalue weighted by Crippen LogP contribution is -2.03. The highest BCUT2D eigenvalue weighted by atomic mass is 127. The van der Waals surface area contributed by atoms with Crippen LogP contribution in [-0.2, 0) is 0 Å². The number of hydrogen-bond donors (Lipinski definition) is 0. The first-order chi connectivity index (χ1) is 14.7. The molecule has 2 aromatic carbocycles. The van der Waals surface area contributed by atoms with Gasteiger partial charge in [-0.1, -0.05) is 64.7 Å². The van der Waals surface area contributed by atoms with Gasteiger partial charge >= 0.3 is 0 Å². The number of ether oxygens (including phenoxy) is 1. The van der Waals surface area contributed by atoms with Crippen LogP contribution in [0.3, 0.4) is 0 Å². The molecule has 0 aliphatic heterocycles. The quantitative estimate of drug-likeness (QED) is 0.0984. The summed E-state index contributed by atoms with van der Waals surface area (Å²) in [5.41, 5.74) is 1.46. The second-order valence-electron chi connectivity index (χ2n) is 7.73. The number of ketones is 1. The van der Waals surface area contributed by atoms with Crippen LogP contribution in [0.2, 0.25) is 0 Å². The van der Waals surface area contributed by atoms with Crippen molar-refractivity contribution < 1.29 is 9.53 Å². The van der Waals surface area contributed by atoms with Gasteiger partial charge in [0.15, 0.2) is 5.78 Å². The smallest absolute Gasteiger partial charge is 0.194 e. The highest BCUT2D eigenvalue weighted by molar-refractivity contribution is 14.1. The van der Waals surface area contributed by atoms with E-state index in [9.17, 15) is 4.79 Å². The van der Waals surface area contributed by atoms with Crippen molar-refractivity contribution in [3.05, 3.63) is 57.2 Å². The number of carbonyl (C=O) groups excluding carboxylic acids is 1. The topological polar surface area (TPSA) is 26.3 Å². The summed E-state index contributed by atoms with van der Waals surface area (Å²) < 4.78 is 6.19. The summed E-state index contributed by atoms with van der Waals surface area (Å²) in [6.45, 7) is 2.27. The molecule has 0 saturated carbocycles. The van der Waals surface area contributed by atoms with Crippen LogP contribution < -0.4 is 4.74 Å². The molecule has 0 fully saturated rings. The standard InChI is InChI=1S/C26H35IO2S/c1-3-4-5-6-7-8-9-10-11-12-19-30-23-17-18-24(25(27)20-23)26(28)21-13-15-22(29-2)16-14-21/h13-18,20H,3-12,19H2,1-2H3. The van der Waals surface area contributed by atoms with Gasteiger partial charge in [0.25, 0.3) is 0 Å². The maximum atomic E-state index is 12.8. The maximum Gasteiger partial charge on any atom is 0.194 e. The third-order valence-electron chi connectivity index (χ3n) is 5.30. The molecule has 0 radical (unpaired) electrons. The summed E-state index contributed by atoms with van der Waals surface area (Å²) >= 11 is 4.18. The molecule has 164 valence electrons. The molecule has 0 saturated heterocycles. The molecule has 30 heavy (non-hydrogen) atoms. The summed E-state index contributed by atoms with van der Waals surface area (Å²) in [6, 6.07) is 13.5. The molecule has 0 N–H and O–H groups in total. The summed E-state index contributed by atoms with van der Waals surface area (Å²) in [5.74, 6) is 1.98. The second kappa shape index (κ2) is 14.9. The van der Waals surface area contributed by atoms with Crippen LogP contribution >= 0.6 is 34.4 Å². The summed E-state index contributed by atoms with van der Waals surface area (Å²) in [6.07, 6.45) is 13.7. The highest BCUT2D eigenvalue weighted by Gasteiger charge is 2.13. The van der Waals surface area contributed by atoms with Crippen molar-refractivity contribution in [3.63, 3.8) is 0 Å². The van der Waals surface area contributed by atoms with E-state index in [4.69, 9.17) is 4.74 Å². The van der Waals surface area contributed by atoms with Crippen molar-refractivity contribution in [2.45, 2.75) is 76.0 Å². The van der Waals surface area contributed by atoms with Gasteiger partial charge in [0.2, 0.25) is 0 Å². The first-order valence-electron chi connectivity index (χ1n) is 11.3. The van der Waals surface area contributed by atoms with E-state index in [2.05, 4.69) is 41.6 Å². The zero-order valence-corrected chi connectivity index (χ0v) is 21.4. The number of benzene rings is 2. The largest absolute Gasteiger partial charge is 0.497 e. The maximum absolute atomic E-state index is 12.8. The molecule has 2 nitrogen and oxygen atoms in total. The number of hydrogen-bond acceptors (Lipinski definition) is 3. The van der Waals surface area contributed by atoms with Gasteiger partial charge in [-0.2, -0.15) is 0 Å². The fourth-order valence-corrected chi connectivity index (χ4v) is 5.37. The normalized spacial score (nSPS) is 10.9. The Bertz CT molecular complexity index is 758. The number of carbonyl (C=O) groups is 1. The van der Waals surface area contributed by atoms with Gasteiger partial charge in [-0.3, -0.25) is 4.79 Å². The Morgan fingerprint density at radius 2 is 1.47 bits per heavy atom. The Kier molecular flexibility index (Phi) is 12.5. The SMILES string of the molecule is CCCCCCCCCCCCSc1ccc(C(=O)c2ccc(OC)cc2)c(I)c1. The molecule has 0 atom stereocenters. The van der Waals surface area contributed by atoms with Crippen molar-refractivity contribution >= 4 is 40.1 Å². The predicted molar refractivity (Wildman–Crippen MR) is 138 cm³/mol. The van der Waals surface area contributed by atoms with Crippen molar-refractivity contribution in [2.75, 3.05) is 12.9 Å². The summed E-state index contributed by atoms with van der Waals surface area (Å²) in [7, 11) is 1.63. The molecule has 0 heterocycles. The van der Waals surface area contributed by atoms with Gasteiger partial charge in [-0.05, 0) is 77.2 Å². The lowest BCUT2D eigenvalue weighted by Gasteiger charge is -2.08. The third kappa shape index (κ3) is 9.01. The van der Waals surface area contributed by atoms with E-state index < -0.39 is 0 Å². The number of thioether (sulfide) groups is 1. The average molecular weight is 539 g/mol. The molecule has 2 aromatic rings. The summed E-state index contributed by atoms with van der Waals surface area (Å²) in [5, 5.41) is 0. The molecule has 2 rings (SSSR count). The Morgan fingerprint density at radius 1 is 0.867 bits per heavy atom. The van der Waals surface area contributed by atoms with Crippen molar-refractivity contribution in [1.29, 1.82) is 0 Å². The van der Waals surface area contributed by atoms with Crippen molar-refractivity contribution in [1.82, 2.24) is 0 Å². The van der Waals surface area contributed by atoms with Crippen LogP contribution in [0.1, 0.15) is 87.1 Å². The lowest BCUT2D eigenvalue weighted by atomic mass is 10.0. The molecule has 4 heteroatoms. The van der Waals surface area contributed by atoms with E-state index in [-0.39, 0.29) is 5.78 Å². The Hall–Kier alpha value is -1.01. The molecule has 0 spiro atoms. The van der Waals surface area contributed by atoms with E-state index in [1.165, 1.54) is 69.1 Å². The van der Waals surface area contributed by atoms with E-state index in [0.29, 0.717) is 5.56 Å². The van der Waals surface area contributed by atoms with E-state index in [0.717, 1.165) is 20.6 Å². The van der Waals surface area contributed by atoms with Gasteiger partial charge < -0.3 is 4.74 Å². The molecular weight excluding hydrogens is 503 g/mol. The van der Waals surface area contributed by atoms with Gasteiger partial charge in [0.1, 0.15) is 5.75 Å². The fourth-order valence-electron chi connectivity index (χ4n) is 3.45.